The monoisotopic (exact) mass is 360 g/mol. The van der Waals surface area contributed by atoms with Gasteiger partial charge < -0.3 is 10.4 Å². The van der Waals surface area contributed by atoms with Crippen LogP contribution in [0.1, 0.15) is 24.0 Å². The lowest BCUT2D eigenvalue weighted by atomic mass is 10.0. The molecule has 0 atom stereocenters. The van der Waals surface area contributed by atoms with Gasteiger partial charge in [-0.05, 0) is 38.0 Å². The van der Waals surface area contributed by atoms with Crippen LogP contribution < -0.4 is 5.32 Å². The van der Waals surface area contributed by atoms with Crippen molar-refractivity contribution in [2.45, 2.75) is 37.3 Å². The maximum Gasteiger partial charge on any atom is 0.243 e. The summed E-state index contributed by atoms with van der Waals surface area (Å²) in [5.74, 6) is 0. The number of hydrogen-bond donors (Lipinski definition) is 2. The highest BCUT2D eigenvalue weighted by Gasteiger charge is 2.29. The number of aliphatic hydroxyl groups is 1. The second kappa shape index (κ2) is 7.56. The van der Waals surface area contributed by atoms with Gasteiger partial charge in [-0.3, -0.25) is 0 Å². The molecule has 1 heterocycles. The highest BCUT2D eigenvalue weighted by Crippen LogP contribution is 2.24. The van der Waals surface area contributed by atoms with Crippen LogP contribution in [0.15, 0.2) is 53.4 Å². The van der Waals surface area contributed by atoms with Crippen molar-refractivity contribution in [3.8, 4) is 0 Å². The van der Waals surface area contributed by atoms with Gasteiger partial charge in [0.25, 0.3) is 0 Å². The molecule has 6 heteroatoms. The minimum Gasteiger partial charge on any atom is -0.392 e. The Labute approximate surface area is 149 Å². The molecule has 2 N–H and O–H groups in total. The van der Waals surface area contributed by atoms with Crippen molar-refractivity contribution < 1.29 is 13.5 Å². The summed E-state index contributed by atoms with van der Waals surface area (Å²) >= 11 is 0. The number of aliphatic hydroxyl groups excluding tert-OH is 1. The molecular weight excluding hydrogens is 336 g/mol. The van der Waals surface area contributed by atoms with Gasteiger partial charge >= 0.3 is 0 Å². The van der Waals surface area contributed by atoms with Crippen LogP contribution in [0.25, 0.3) is 0 Å². The fourth-order valence-corrected chi connectivity index (χ4v) is 4.69. The highest BCUT2D eigenvalue weighted by molar-refractivity contribution is 7.89. The minimum atomic E-state index is -3.41. The average molecular weight is 360 g/mol. The Morgan fingerprint density at radius 1 is 1.12 bits per heavy atom. The summed E-state index contributed by atoms with van der Waals surface area (Å²) in [4.78, 5) is 0.350. The van der Waals surface area contributed by atoms with Crippen LogP contribution in [0.2, 0.25) is 0 Å². The molecule has 0 aromatic heterocycles. The molecule has 0 saturated carbocycles. The van der Waals surface area contributed by atoms with E-state index >= 15 is 0 Å². The van der Waals surface area contributed by atoms with Crippen LogP contribution in [0.5, 0.6) is 0 Å². The Bertz CT molecular complexity index is 814. The molecule has 5 nitrogen and oxygen atoms in total. The molecule has 0 aliphatic carbocycles. The number of piperidine rings is 1. The van der Waals surface area contributed by atoms with E-state index in [4.69, 9.17) is 0 Å². The van der Waals surface area contributed by atoms with Gasteiger partial charge in [-0.15, -0.1) is 0 Å². The lowest BCUT2D eigenvalue weighted by Crippen LogP contribution is -2.42. The van der Waals surface area contributed by atoms with E-state index in [0.29, 0.717) is 18.0 Å². The average Bonchev–Trinajstić information content (AvgIpc) is 2.64. The lowest BCUT2D eigenvalue weighted by molar-refractivity contribution is 0.282. The van der Waals surface area contributed by atoms with Gasteiger partial charge in [0.2, 0.25) is 10.0 Å². The first kappa shape index (κ1) is 17.9. The number of hydrogen-bond acceptors (Lipinski definition) is 4. The van der Waals surface area contributed by atoms with E-state index in [9.17, 15) is 13.5 Å². The van der Waals surface area contributed by atoms with Crippen LogP contribution in [0.4, 0.5) is 5.69 Å². The van der Waals surface area contributed by atoms with E-state index < -0.39 is 10.0 Å². The van der Waals surface area contributed by atoms with E-state index in [1.54, 1.807) is 28.6 Å². The third kappa shape index (κ3) is 4.03. The third-order valence-corrected chi connectivity index (χ3v) is 6.54. The fourth-order valence-electron chi connectivity index (χ4n) is 3.20. The molecule has 0 bridgehead atoms. The Hall–Kier alpha value is -1.89. The standard InChI is InChI=1S/C19H24N2O3S/c1-15-7-8-19(16(13-15)14-22)20-17-9-11-21(12-10-17)25(23,24)18-5-3-2-4-6-18/h2-8,13,17,20,22H,9-12,14H2,1H3. The lowest BCUT2D eigenvalue weighted by Gasteiger charge is -2.32. The smallest absolute Gasteiger partial charge is 0.243 e. The Morgan fingerprint density at radius 2 is 1.80 bits per heavy atom. The van der Waals surface area contributed by atoms with Gasteiger partial charge in [-0.25, -0.2) is 8.42 Å². The molecule has 0 spiro atoms. The highest BCUT2D eigenvalue weighted by atomic mass is 32.2. The van der Waals surface area contributed by atoms with E-state index in [0.717, 1.165) is 29.7 Å². The molecule has 1 fully saturated rings. The summed E-state index contributed by atoms with van der Waals surface area (Å²) < 4.78 is 26.9. The van der Waals surface area contributed by atoms with E-state index in [2.05, 4.69) is 5.32 Å². The van der Waals surface area contributed by atoms with Gasteiger partial charge in [0, 0.05) is 30.4 Å². The first-order chi connectivity index (χ1) is 12.0. The van der Waals surface area contributed by atoms with E-state index in [1.807, 2.05) is 31.2 Å². The fraction of sp³-hybridized carbons (Fsp3) is 0.368. The molecule has 2 aromatic carbocycles. The SMILES string of the molecule is Cc1ccc(NC2CCN(S(=O)(=O)c3ccccc3)CC2)c(CO)c1. The third-order valence-electron chi connectivity index (χ3n) is 4.63. The Balaban J connectivity index is 1.65. The zero-order valence-electron chi connectivity index (χ0n) is 14.4. The predicted octanol–water partition coefficient (Wildman–Crippen LogP) is 2.75. The van der Waals surface area contributed by atoms with Crippen molar-refractivity contribution in [3.63, 3.8) is 0 Å². The maximum atomic E-state index is 12.7. The van der Waals surface area contributed by atoms with Crippen LogP contribution in [0.3, 0.4) is 0 Å². The van der Waals surface area contributed by atoms with Crippen LogP contribution in [-0.4, -0.2) is 37.0 Å². The van der Waals surface area contributed by atoms with Crippen molar-refractivity contribution in [2.24, 2.45) is 0 Å². The first-order valence-electron chi connectivity index (χ1n) is 8.53. The number of aryl methyl sites for hydroxylation is 1. The molecule has 3 rings (SSSR count). The maximum absolute atomic E-state index is 12.7. The molecule has 0 amide bonds. The van der Waals surface area contributed by atoms with Gasteiger partial charge in [-0.2, -0.15) is 4.31 Å². The van der Waals surface area contributed by atoms with Crippen molar-refractivity contribution in [2.75, 3.05) is 18.4 Å². The van der Waals surface area contributed by atoms with Gasteiger partial charge in [0.1, 0.15) is 0 Å². The largest absolute Gasteiger partial charge is 0.392 e. The van der Waals surface area contributed by atoms with Crippen LogP contribution in [-0.2, 0) is 16.6 Å². The zero-order valence-corrected chi connectivity index (χ0v) is 15.2. The topological polar surface area (TPSA) is 69.6 Å². The molecule has 25 heavy (non-hydrogen) atoms. The summed E-state index contributed by atoms with van der Waals surface area (Å²) in [5, 5.41) is 13.0. The van der Waals surface area contributed by atoms with E-state index in [1.165, 1.54) is 0 Å². The van der Waals surface area contributed by atoms with Gasteiger partial charge in [0.05, 0.1) is 11.5 Å². The Kier molecular flexibility index (Phi) is 5.42. The molecule has 1 aliphatic rings. The number of rotatable bonds is 5. The van der Waals surface area contributed by atoms with Gasteiger partial charge in [0.15, 0.2) is 0 Å². The molecule has 1 aliphatic heterocycles. The summed E-state index contributed by atoms with van der Waals surface area (Å²) in [7, 11) is -3.41. The van der Waals surface area contributed by atoms with Crippen LogP contribution in [0, 0.1) is 6.92 Å². The Morgan fingerprint density at radius 3 is 2.44 bits per heavy atom. The van der Waals surface area contributed by atoms with Crippen LogP contribution >= 0.6 is 0 Å². The number of anilines is 1. The number of sulfonamides is 1. The summed E-state index contributed by atoms with van der Waals surface area (Å²) in [6, 6.07) is 14.7. The van der Waals surface area contributed by atoms with Crippen molar-refractivity contribution >= 4 is 15.7 Å². The molecular formula is C19H24N2O3S. The number of nitrogens with zero attached hydrogens (tertiary/aromatic N) is 1. The molecule has 0 unspecified atom stereocenters. The summed E-state index contributed by atoms with van der Waals surface area (Å²) in [6.45, 7) is 2.98. The molecule has 0 radical (unpaired) electrons. The second-order valence-corrected chi connectivity index (χ2v) is 8.39. The first-order valence-corrected chi connectivity index (χ1v) is 9.97. The predicted molar refractivity (Wildman–Crippen MR) is 98.9 cm³/mol. The molecule has 134 valence electrons. The second-order valence-electron chi connectivity index (χ2n) is 6.45. The summed E-state index contributed by atoms with van der Waals surface area (Å²) in [5.41, 5.74) is 2.91. The zero-order chi connectivity index (χ0) is 17.9. The van der Waals surface area contributed by atoms with Gasteiger partial charge in [-0.1, -0.05) is 35.9 Å². The molecule has 2 aromatic rings. The molecule has 1 saturated heterocycles. The number of benzene rings is 2. The normalized spacial score (nSPS) is 16.7. The quantitative estimate of drug-likeness (QED) is 0.860. The minimum absolute atomic E-state index is 0.00869. The van der Waals surface area contributed by atoms with Crippen molar-refractivity contribution in [3.05, 3.63) is 59.7 Å². The summed E-state index contributed by atoms with van der Waals surface area (Å²) in [6.07, 6.45) is 1.48. The van der Waals surface area contributed by atoms with Crippen molar-refractivity contribution in [1.29, 1.82) is 0 Å². The van der Waals surface area contributed by atoms with Crippen molar-refractivity contribution in [1.82, 2.24) is 4.31 Å². The number of nitrogens with one attached hydrogen (secondary N) is 1. The van der Waals surface area contributed by atoms with E-state index in [-0.39, 0.29) is 12.6 Å².